The molecule has 1 aliphatic carbocycles. The zero-order valence-corrected chi connectivity index (χ0v) is 11.4. The van der Waals surface area contributed by atoms with Gasteiger partial charge in [0.1, 0.15) is 5.75 Å². The summed E-state index contributed by atoms with van der Waals surface area (Å²) in [7, 11) is -3.08. The third-order valence-corrected chi connectivity index (χ3v) is 4.27. The fourth-order valence-electron chi connectivity index (χ4n) is 1.98. The molecule has 1 atom stereocenters. The number of halogens is 1. The Bertz CT molecular complexity index is 430. The van der Waals surface area contributed by atoms with Crippen LogP contribution in [0.25, 0.3) is 0 Å². The normalized spacial score (nSPS) is 20.1. The Balaban J connectivity index is 2.01. The largest absolute Gasteiger partial charge is 0.423 e. The van der Waals surface area contributed by atoms with E-state index in [0.717, 1.165) is 25.7 Å². The quantitative estimate of drug-likeness (QED) is 0.758. The van der Waals surface area contributed by atoms with Gasteiger partial charge in [-0.25, -0.2) is 4.57 Å². The third kappa shape index (κ3) is 3.74. The molecule has 0 heterocycles. The van der Waals surface area contributed by atoms with Crippen LogP contribution in [0.15, 0.2) is 24.3 Å². The number of hydrogen-bond acceptors (Lipinski definition) is 3. The summed E-state index contributed by atoms with van der Waals surface area (Å²) in [6, 6.07) is 6.98. The summed E-state index contributed by atoms with van der Waals surface area (Å²) in [5.74, 6) is 0.415. The Labute approximate surface area is 107 Å². The molecule has 0 bridgehead atoms. The zero-order valence-electron chi connectivity index (χ0n) is 9.77. The van der Waals surface area contributed by atoms with Crippen molar-refractivity contribution in [3.05, 3.63) is 29.3 Å². The van der Waals surface area contributed by atoms with Gasteiger partial charge in [0.2, 0.25) is 0 Å². The van der Waals surface area contributed by atoms with Crippen molar-refractivity contribution >= 4 is 19.2 Å². The smallest absolute Gasteiger partial charge is 0.376 e. The molecule has 0 spiro atoms. The number of benzene rings is 1. The van der Waals surface area contributed by atoms with E-state index in [9.17, 15) is 4.57 Å². The molecule has 1 aromatic rings. The van der Waals surface area contributed by atoms with Crippen LogP contribution in [-0.4, -0.2) is 12.8 Å². The Morgan fingerprint density at radius 3 is 2.59 bits per heavy atom. The first kappa shape index (κ1) is 12.9. The van der Waals surface area contributed by atoms with Crippen LogP contribution in [-0.2, 0) is 9.09 Å². The predicted molar refractivity (Wildman–Crippen MR) is 69.0 cm³/mol. The third-order valence-electron chi connectivity index (χ3n) is 2.74. The molecule has 0 radical (unpaired) electrons. The van der Waals surface area contributed by atoms with Crippen LogP contribution < -0.4 is 4.52 Å². The highest BCUT2D eigenvalue weighted by Gasteiger charge is 2.27. The average Bonchev–Trinajstić information content (AvgIpc) is 2.73. The summed E-state index contributed by atoms with van der Waals surface area (Å²) in [5, 5.41) is 0.449. The second-order valence-electron chi connectivity index (χ2n) is 4.30. The fraction of sp³-hybridized carbons (Fsp3) is 0.500. The predicted octanol–water partition coefficient (Wildman–Crippen LogP) is 4.50. The minimum atomic E-state index is -3.08. The van der Waals surface area contributed by atoms with Crippen LogP contribution in [0.5, 0.6) is 5.75 Å². The number of hydrogen-bond donors (Lipinski definition) is 0. The number of rotatable bonds is 4. The monoisotopic (exact) mass is 274 g/mol. The second-order valence-corrected chi connectivity index (χ2v) is 6.65. The molecular weight excluding hydrogens is 259 g/mol. The molecule has 17 heavy (non-hydrogen) atoms. The summed E-state index contributed by atoms with van der Waals surface area (Å²) in [6.07, 6.45) is 4.26. The molecule has 1 saturated carbocycles. The van der Waals surface area contributed by atoms with Crippen molar-refractivity contribution in [1.82, 2.24) is 0 Å². The van der Waals surface area contributed by atoms with E-state index in [2.05, 4.69) is 0 Å². The molecule has 0 N–H and O–H groups in total. The van der Waals surface area contributed by atoms with Gasteiger partial charge in [0, 0.05) is 6.66 Å². The van der Waals surface area contributed by atoms with Gasteiger partial charge in [0.05, 0.1) is 11.1 Å². The molecule has 3 nitrogen and oxygen atoms in total. The lowest BCUT2D eigenvalue weighted by Gasteiger charge is -2.19. The molecule has 1 aliphatic rings. The molecule has 1 unspecified atom stereocenters. The molecule has 5 heteroatoms. The Kier molecular flexibility index (Phi) is 4.13. The summed E-state index contributed by atoms with van der Waals surface area (Å²) in [6.45, 7) is 1.49. The van der Waals surface area contributed by atoms with Crippen LogP contribution in [0.1, 0.15) is 25.7 Å². The minimum Gasteiger partial charge on any atom is -0.423 e. The van der Waals surface area contributed by atoms with Crippen LogP contribution in [0.2, 0.25) is 5.02 Å². The summed E-state index contributed by atoms with van der Waals surface area (Å²) in [4.78, 5) is 0. The van der Waals surface area contributed by atoms with E-state index >= 15 is 0 Å². The van der Waals surface area contributed by atoms with Gasteiger partial charge in [-0.2, -0.15) is 0 Å². The van der Waals surface area contributed by atoms with Crippen molar-refractivity contribution in [2.75, 3.05) is 6.66 Å². The van der Waals surface area contributed by atoms with E-state index in [1.54, 1.807) is 24.3 Å². The van der Waals surface area contributed by atoms with Crippen molar-refractivity contribution in [2.24, 2.45) is 0 Å². The maximum Gasteiger partial charge on any atom is 0.376 e. The molecule has 1 aromatic carbocycles. The zero-order chi connectivity index (χ0) is 12.3. The van der Waals surface area contributed by atoms with Gasteiger partial charge in [-0.3, -0.25) is 4.52 Å². The van der Waals surface area contributed by atoms with E-state index in [1.807, 2.05) is 0 Å². The van der Waals surface area contributed by atoms with Crippen molar-refractivity contribution < 1.29 is 13.6 Å². The molecule has 0 amide bonds. The first-order valence-corrected chi connectivity index (χ1v) is 8.14. The second kappa shape index (κ2) is 5.43. The van der Waals surface area contributed by atoms with Crippen LogP contribution in [0.4, 0.5) is 0 Å². The highest BCUT2D eigenvalue weighted by atomic mass is 35.5. The van der Waals surface area contributed by atoms with Crippen molar-refractivity contribution in [3.63, 3.8) is 0 Å². The minimum absolute atomic E-state index is 0.0633. The topological polar surface area (TPSA) is 35.5 Å². The average molecular weight is 275 g/mol. The van der Waals surface area contributed by atoms with Crippen LogP contribution in [0, 0.1) is 0 Å². The van der Waals surface area contributed by atoms with Gasteiger partial charge < -0.3 is 4.52 Å². The van der Waals surface area contributed by atoms with Gasteiger partial charge in [0.25, 0.3) is 0 Å². The SMILES string of the molecule is CP(=O)(Oc1ccccc1Cl)OC1CCCC1. The number of para-hydroxylation sites is 1. The lowest BCUT2D eigenvalue weighted by molar-refractivity contribution is 0.186. The Hall–Kier alpha value is -0.500. The molecule has 0 aromatic heterocycles. The summed E-state index contributed by atoms with van der Waals surface area (Å²) < 4.78 is 23.1. The van der Waals surface area contributed by atoms with Crippen molar-refractivity contribution in [2.45, 2.75) is 31.8 Å². The van der Waals surface area contributed by atoms with Gasteiger partial charge in [-0.05, 0) is 25.0 Å². The van der Waals surface area contributed by atoms with Gasteiger partial charge in [-0.15, -0.1) is 0 Å². The lowest BCUT2D eigenvalue weighted by atomic mass is 10.3. The standard InChI is InChI=1S/C12H16ClO3P/c1-17(14,15-10-6-2-3-7-10)16-12-9-5-4-8-11(12)13/h4-5,8-10H,2-3,6-7H2,1H3. The van der Waals surface area contributed by atoms with Gasteiger partial charge >= 0.3 is 7.60 Å². The lowest BCUT2D eigenvalue weighted by Crippen LogP contribution is -2.08. The first-order chi connectivity index (χ1) is 8.07. The van der Waals surface area contributed by atoms with E-state index in [4.69, 9.17) is 20.6 Å². The molecule has 1 fully saturated rings. The van der Waals surface area contributed by atoms with E-state index in [-0.39, 0.29) is 6.10 Å². The molecule has 2 rings (SSSR count). The first-order valence-electron chi connectivity index (χ1n) is 5.77. The molecule has 94 valence electrons. The summed E-state index contributed by atoms with van der Waals surface area (Å²) >= 11 is 5.95. The van der Waals surface area contributed by atoms with Crippen LogP contribution >= 0.6 is 19.2 Å². The highest BCUT2D eigenvalue weighted by molar-refractivity contribution is 7.53. The highest BCUT2D eigenvalue weighted by Crippen LogP contribution is 2.49. The Morgan fingerprint density at radius 2 is 1.94 bits per heavy atom. The van der Waals surface area contributed by atoms with E-state index < -0.39 is 7.60 Å². The maximum atomic E-state index is 12.2. The Morgan fingerprint density at radius 1 is 1.29 bits per heavy atom. The molecule has 0 saturated heterocycles. The molecule has 0 aliphatic heterocycles. The van der Waals surface area contributed by atoms with Crippen LogP contribution in [0.3, 0.4) is 0 Å². The maximum absolute atomic E-state index is 12.2. The van der Waals surface area contributed by atoms with E-state index in [1.165, 1.54) is 6.66 Å². The van der Waals surface area contributed by atoms with Gasteiger partial charge in [0.15, 0.2) is 0 Å². The van der Waals surface area contributed by atoms with Gasteiger partial charge in [-0.1, -0.05) is 36.6 Å². The fourth-order valence-corrected chi connectivity index (χ4v) is 3.52. The van der Waals surface area contributed by atoms with E-state index in [0.29, 0.717) is 10.8 Å². The molecular formula is C12H16ClO3P. The summed E-state index contributed by atoms with van der Waals surface area (Å²) in [5.41, 5.74) is 0. The van der Waals surface area contributed by atoms with Crippen molar-refractivity contribution in [3.8, 4) is 5.75 Å². The van der Waals surface area contributed by atoms with Crippen molar-refractivity contribution in [1.29, 1.82) is 0 Å².